The summed E-state index contributed by atoms with van der Waals surface area (Å²) in [4.78, 5) is 24.9. The Balaban J connectivity index is 1.93. The van der Waals surface area contributed by atoms with E-state index in [1.54, 1.807) is 24.3 Å². The highest BCUT2D eigenvalue weighted by molar-refractivity contribution is 6.33. The molecule has 27 heavy (non-hydrogen) atoms. The van der Waals surface area contributed by atoms with Crippen LogP contribution in [0.25, 0.3) is 0 Å². The molecular formula is C19H14ClFN2O4. The van der Waals surface area contributed by atoms with Crippen molar-refractivity contribution in [3.63, 3.8) is 0 Å². The zero-order chi connectivity index (χ0) is 19.4. The number of hydrogen-bond donors (Lipinski definition) is 0. The second-order valence-corrected chi connectivity index (χ2v) is 6.20. The van der Waals surface area contributed by atoms with Gasteiger partial charge in [0.05, 0.1) is 28.3 Å². The van der Waals surface area contributed by atoms with Gasteiger partial charge in [0, 0.05) is 18.7 Å². The number of rotatable bonds is 6. The summed E-state index contributed by atoms with van der Waals surface area (Å²) >= 11 is 6.10. The van der Waals surface area contributed by atoms with Gasteiger partial charge in [0.25, 0.3) is 11.6 Å². The minimum Gasteiger partial charge on any atom is -0.467 e. The first kappa shape index (κ1) is 18.6. The van der Waals surface area contributed by atoms with Crippen LogP contribution in [0.5, 0.6) is 0 Å². The fourth-order valence-corrected chi connectivity index (χ4v) is 2.76. The minimum atomic E-state index is -0.593. The van der Waals surface area contributed by atoms with E-state index in [0.717, 1.165) is 6.07 Å². The molecule has 0 aliphatic rings. The van der Waals surface area contributed by atoms with Crippen molar-refractivity contribution in [1.82, 2.24) is 4.90 Å². The normalized spacial score (nSPS) is 10.6. The first-order valence-corrected chi connectivity index (χ1v) is 8.32. The lowest BCUT2D eigenvalue weighted by molar-refractivity contribution is -0.384. The van der Waals surface area contributed by atoms with Gasteiger partial charge < -0.3 is 9.32 Å². The van der Waals surface area contributed by atoms with Crippen molar-refractivity contribution in [2.75, 3.05) is 0 Å². The zero-order valence-electron chi connectivity index (χ0n) is 14.0. The predicted molar refractivity (Wildman–Crippen MR) is 96.8 cm³/mol. The minimum absolute atomic E-state index is 0.0135. The highest BCUT2D eigenvalue weighted by Gasteiger charge is 2.22. The van der Waals surface area contributed by atoms with E-state index in [2.05, 4.69) is 0 Å². The molecule has 8 heteroatoms. The summed E-state index contributed by atoms with van der Waals surface area (Å²) in [5.41, 5.74) is 0.472. The second kappa shape index (κ2) is 8.01. The highest BCUT2D eigenvalue weighted by Crippen LogP contribution is 2.25. The van der Waals surface area contributed by atoms with Crippen molar-refractivity contribution < 1.29 is 18.5 Å². The van der Waals surface area contributed by atoms with Crippen LogP contribution in [-0.2, 0) is 13.1 Å². The summed E-state index contributed by atoms with van der Waals surface area (Å²) in [5.74, 6) is -0.346. The molecule has 0 atom stereocenters. The largest absolute Gasteiger partial charge is 0.467 e. The molecule has 3 rings (SSSR count). The van der Waals surface area contributed by atoms with Crippen LogP contribution in [0.3, 0.4) is 0 Å². The highest BCUT2D eigenvalue weighted by atomic mass is 35.5. The van der Waals surface area contributed by atoms with Gasteiger partial charge in [-0.1, -0.05) is 23.7 Å². The van der Waals surface area contributed by atoms with E-state index in [4.69, 9.17) is 16.0 Å². The number of hydrogen-bond acceptors (Lipinski definition) is 4. The fraction of sp³-hybridized carbons (Fsp3) is 0.105. The summed E-state index contributed by atoms with van der Waals surface area (Å²) < 4.78 is 18.5. The van der Waals surface area contributed by atoms with Gasteiger partial charge in [-0.05, 0) is 35.9 Å². The third-order valence-electron chi connectivity index (χ3n) is 3.89. The summed E-state index contributed by atoms with van der Waals surface area (Å²) in [6.45, 7) is 0.279. The van der Waals surface area contributed by atoms with Crippen LogP contribution in [0.4, 0.5) is 10.1 Å². The van der Waals surface area contributed by atoms with Crippen LogP contribution >= 0.6 is 11.6 Å². The maximum Gasteiger partial charge on any atom is 0.270 e. The Morgan fingerprint density at radius 1 is 1.15 bits per heavy atom. The standard InChI is InChI=1S/C19H14ClFN2O4/c20-18-8-7-15(23(25)26)10-17(18)19(24)22(12-16-2-1-9-27-16)11-13-3-5-14(21)6-4-13/h1-10H,11-12H2. The third kappa shape index (κ3) is 4.51. The third-order valence-corrected chi connectivity index (χ3v) is 4.22. The maximum absolute atomic E-state index is 13.1. The van der Waals surface area contributed by atoms with Crippen molar-refractivity contribution in [2.24, 2.45) is 0 Å². The number of nitro benzene ring substituents is 1. The Morgan fingerprint density at radius 2 is 1.89 bits per heavy atom. The molecule has 1 aromatic heterocycles. The van der Waals surface area contributed by atoms with Gasteiger partial charge in [-0.3, -0.25) is 14.9 Å². The molecule has 0 N–H and O–H groups in total. The molecule has 0 aliphatic heterocycles. The summed E-state index contributed by atoms with van der Waals surface area (Å²) in [6.07, 6.45) is 1.48. The molecule has 6 nitrogen and oxygen atoms in total. The Hall–Kier alpha value is -3.19. The van der Waals surface area contributed by atoms with Crippen molar-refractivity contribution in [1.29, 1.82) is 0 Å². The van der Waals surface area contributed by atoms with Gasteiger partial charge in [-0.2, -0.15) is 0 Å². The van der Waals surface area contributed by atoms with Crippen LogP contribution in [0.15, 0.2) is 65.3 Å². The van der Waals surface area contributed by atoms with E-state index in [9.17, 15) is 19.3 Å². The van der Waals surface area contributed by atoms with Crippen LogP contribution in [-0.4, -0.2) is 15.7 Å². The molecule has 138 valence electrons. The molecule has 0 saturated heterocycles. The molecule has 0 spiro atoms. The quantitative estimate of drug-likeness (QED) is 0.448. The molecule has 1 amide bonds. The summed E-state index contributed by atoms with van der Waals surface area (Å²) in [5, 5.41) is 11.1. The number of benzene rings is 2. The molecule has 0 aliphatic carbocycles. The Bertz CT molecular complexity index is 958. The van der Waals surface area contributed by atoms with Gasteiger partial charge in [0.15, 0.2) is 0 Å². The van der Waals surface area contributed by atoms with E-state index in [1.165, 1.54) is 35.4 Å². The first-order valence-electron chi connectivity index (χ1n) is 7.94. The van der Waals surface area contributed by atoms with Gasteiger partial charge in [0.1, 0.15) is 11.6 Å². The summed E-state index contributed by atoms with van der Waals surface area (Å²) in [7, 11) is 0. The Labute approximate surface area is 158 Å². The number of carbonyl (C=O) groups excluding carboxylic acids is 1. The van der Waals surface area contributed by atoms with Crippen molar-refractivity contribution in [2.45, 2.75) is 13.1 Å². The first-order chi connectivity index (χ1) is 12.9. The zero-order valence-corrected chi connectivity index (χ0v) is 14.7. The van der Waals surface area contributed by atoms with Gasteiger partial charge >= 0.3 is 0 Å². The fourth-order valence-electron chi connectivity index (χ4n) is 2.56. The molecule has 2 aromatic carbocycles. The number of nitro groups is 1. The molecular weight excluding hydrogens is 375 g/mol. The van der Waals surface area contributed by atoms with E-state index in [-0.39, 0.29) is 35.2 Å². The van der Waals surface area contributed by atoms with Gasteiger partial charge in [0.2, 0.25) is 0 Å². The maximum atomic E-state index is 13.1. The number of furan rings is 1. The SMILES string of the molecule is O=C(c1cc([N+](=O)[O-])ccc1Cl)N(Cc1ccc(F)cc1)Cc1ccco1. The Morgan fingerprint density at radius 3 is 2.52 bits per heavy atom. The second-order valence-electron chi connectivity index (χ2n) is 5.79. The number of nitrogens with zero attached hydrogens (tertiary/aromatic N) is 2. The van der Waals surface area contributed by atoms with E-state index >= 15 is 0 Å². The lowest BCUT2D eigenvalue weighted by Gasteiger charge is -2.22. The van der Waals surface area contributed by atoms with E-state index in [1.807, 2.05) is 0 Å². The summed E-state index contributed by atoms with van der Waals surface area (Å²) in [6, 6.07) is 12.8. The van der Waals surface area contributed by atoms with Gasteiger partial charge in [-0.15, -0.1) is 0 Å². The average molecular weight is 389 g/mol. The van der Waals surface area contributed by atoms with Crippen LogP contribution < -0.4 is 0 Å². The van der Waals surface area contributed by atoms with Gasteiger partial charge in [-0.25, -0.2) is 4.39 Å². The predicted octanol–water partition coefficient (Wildman–Crippen LogP) is 4.82. The van der Waals surface area contributed by atoms with Crippen LogP contribution in [0, 0.1) is 15.9 Å². The number of carbonyl (C=O) groups is 1. The molecule has 0 saturated carbocycles. The lowest BCUT2D eigenvalue weighted by Crippen LogP contribution is -2.30. The van der Waals surface area contributed by atoms with Crippen LogP contribution in [0.2, 0.25) is 5.02 Å². The Kier molecular flexibility index (Phi) is 5.52. The number of non-ortho nitro benzene ring substituents is 1. The average Bonchev–Trinajstić information content (AvgIpc) is 3.16. The smallest absolute Gasteiger partial charge is 0.270 e. The molecule has 0 fully saturated rings. The lowest BCUT2D eigenvalue weighted by atomic mass is 10.1. The molecule has 0 unspecified atom stereocenters. The van der Waals surface area contributed by atoms with Crippen molar-refractivity contribution in [3.8, 4) is 0 Å². The molecule has 1 heterocycles. The molecule has 0 radical (unpaired) electrons. The number of amides is 1. The molecule has 0 bridgehead atoms. The topological polar surface area (TPSA) is 76.6 Å². The van der Waals surface area contributed by atoms with Crippen molar-refractivity contribution >= 4 is 23.2 Å². The van der Waals surface area contributed by atoms with E-state index < -0.39 is 10.8 Å². The number of halogens is 2. The monoisotopic (exact) mass is 388 g/mol. The molecule has 3 aromatic rings. The van der Waals surface area contributed by atoms with E-state index in [0.29, 0.717) is 11.3 Å². The van der Waals surface area contributed by atoms with Crippen molar-refractivity contribution in [3.05, 3.63) is 98.7 Å². The van der Waals surface area contributed by atoms with Crippen LogP contribution in [0.1, 0.15) is 21.7 Å².